The Bertz CT molecular complexity index is 1160. The molecule has 166 valence electrons. The lowest BCUT2D eigenvalue weighted by Crippen LogP contribution is -2.28. The smallest absolute Gasteiger partial charge is 0.338 e. The molecule has 3 aromatic rings. The van der Waals surface area contributed by atoms with Crippen molar-refractivity contribution in [2.45, 2.75) is 12.8 Å². The maximum absolute atomic E-state index is 12.2. The predicted molar refractivity (Wildman–Crippen MR) is 120 cm³/mol. The lowest BCUT2D eigenvalue weighted by atomic mass is 10.2. The predicted octanol–water partition coefficient (Wildman–Crippen LogP) is 3.93. The molecule has 8 nitrogen and oxygen atoms in total. The van der Waals surface area contributed by atoms with Gasteiger partial charge in [0.25, 0.3) is 5.91 Å². The van der Waals surface area contributed by atoms with Crippen molar-refractivity contribution in [1.29, 1.82) is 0 Å². The molecule has 1 fully saturated rings. The Kier molecular flexibility index (Phi) is 6.45. The van der Waals surface area contributed by atoms with E-state index in [9.17, 15) is 19.2 Å². The highest BCUT2D eigenvalue weighted by Gasteiger charge is 2.30. The van der Waals surface area contributed by atoms with E-state index >= 15 is 0 Å². The highest BCUT2D eigenvalue weighted by Crippen LogP contribution is 2.24. The fourth-order valence-corrected chi connectivity index (χ4v) is 3.25. The van der Waals surface area contributed by atoms with Crippen molar-refractivity contribution in [2.75, 3.05) is 16.8 Å². The van der Waals surface area contributed by atoms with E-state index < -0.39 is 18.5 Å². The van der Waals surface area contributed by atoms with E-state index in [1.54, 1.807) is 24.3 Å². The molecule has 8 heteroatoms. The minimum Gasteiger partial charge on any atom is -0.457 e. The molecule has 1 saturated heterocycles. The SMILES string of the molecule is O=C(COC(=O)c1ccc(N2C(=O)CCC2=O)cc1)Nc1ccc(Oc2ccccc2)cc1. The van der Waals surface area contributed by atoms with Crippen LogP contribution in [-0.4, -0.2) is 30.3 Å². The molecule has 0 aromatic heterocycles. The van der Waals surface area contributed by atoms with Crippen molar-refractivity contribution in [3.63, 3.8) is 0 Å². The topological polar surface area (TPSA) is 102 Å². The van der Waals surface area contributed by atoms with Crippen molar-refractivity contribution in [1.82, 2.24) is 0 Å². The monoisotopic (exact) mass is 444 g/mol. The fourth-order valence-electron chi connectivity index (χ4n) is 3.25. The van der Waals surface area contributed by atoms with Gasteiger partial charge in [0.2, 0.25) is 11.8 Å². The van der Waals surface area contributed by atoms with E-state index in [4.69, 9.17) is 9.47 Å². The molecule has 0 spiro atoms. The lowest BCUT2D eigenvalue weighted by molar-refractivity contribution is -0.121. The van der Waals surface area contributed by atoms with Crippen LogP contribution in [0, 0.1) is 0 Å². The summed E-state index contributed by atoms with van der Waals surface area (Å²) in [6.07, 6.45) is 0.362. The van der Waals surface area contributed by atoms with Gasteiger partial charge in [-0.3, -0.25) is 19.3 Å². The van der Waals surface area contributed by atoms with E-state index in [0.29, 0.717) is 22.9 Å². The number of nitrogens with zero attached hydrogens (tertiary/aromatic N) is 1. The quantitative estimate of drug-likeness (QED) is 0.438. The molecule has 1 N–H and O–H groups in total. The molecule has 0 saturated carbocycles. The first kappa shape index (κ1) is 21.8. The second kappa shape index (κ2) is 9.78. The van der Waals surface area contributed by atoms with Crippen LogP contribution in [0.2, 0.25) is 0 Å². The van der Waals surface area contributed by atoms with Crippen LogP contribution in [0.3, 0.4) is 0 Å². The number of amides is 3. The van der Waals surface area contributed by atoms with Gasteiger partial charge in [0.1, 0.15) is 11.5 Å². The molecular weight excluding hydrogens is 424 g/mol. The molecule has 3 amide bonds. The van der Waals surface area contributed by atoms with E-state index in [0.717, 1.165) is 4.90 Å². The number of esters is 1. The number of para-hydroxylation sites is 1. The first-order valence-electron chi connectivity index (χ1n) is 10.3. The third-order valence-corrected chi connectivity index (χ3v) is 4.86. The van der Waals surface area contributed by atoms with E-state index in [-0.39, 0.29) is 30.2 Å². The largest absolute Gasteiger partial charge is 0.457 e. The Balaban J connectivity index is 1.26. The third kappa shape index (κ3) is 5.43. The Hall–Kier alpha value is -4.46. The molecular formula is C25H20N2O6. The summed E-state index contributed by atoms with van der Waals surface area (Å²) >= 11 is 0. The highest BCUT2D eigenvalue weighted by atomic mass is 16.5. The maximum atomic E-state index is 12.2. The zero-order valence-electron chi connectivity index (χ0n) is 17.5. The maximum Gasteiger partial charge on any atom is 0.338 e. The molecule has 1 aliphatic rings. The number of benzene rings is 3. The standard InChI is InChI=1S/C25H20N2O6/c28-22(26-18-8-12-21(13-9-18)33-20-4-2-1-3-5-20)16-32-25(31)17-6-10-19(11-7-17)27-23(29)14-15-24(27)30/h1-13H,14-16H2,(H,26,28). The van der Waals surface area contributed by atoms with Crippen LogP contribution in [0.1, 0.15) is 23.2 Å². The number of nitrogens with one attached hydrogen (secondary N) is 1. The number of carbonyl (C=O) groups excluding carboxylic acids is 4. The minimum absolute atomic E-state index is 0.181. The van der Waals surface area contributed by atoms with E-state index in [2.05, 4.69) is 5.32 Å². The molecule has 1 heterocycles. The van der Waals surface area contributed by atoms with Gasteiger partial charge in [-0.25, -0.2) is 4.79 Å². The van der Waals surface area contributed by atoms with Crippen LogP contribution in [0.25, 0.3) is 0 Å². The molecule has 1 aliphatic heterocycles. The average Bonchev–Trinajstić information content (AvgIpc) is 3.17. The van der Waals surface area contributed by atoms with Gasteiger partial charge < -0.3 is 14.8 Å². The van der Waals surface area contributed by atoms with Gasteiger partial charge in [-0.05, 0) is 60.7 Å². The fraction of sp³-hybridized carbons (Fsp3) is 0.120. The van der Waals surface area contributed by atoms with Gasteiger partial charge in [0, 0.05) is 18.5 Å². The van der Waals surface area contributed by atoms with Crippen LogP contribution in [-0.2, 0) is 19.1 Å². The molecule has 33 heavy (non-hydrogen) atoms. The normalized spacial score (nSPS) is 13.0. The Labute approximate surface area is 189 Å². The summed E-state index contributed by atoms with van der Waals surface area (Å²) in [5.74, 6) is -0.412. The molecule has 0 unspecified atom stereocenters. The molecule has 0 bridgehead atoms. The summed E-state index contributed by atoms with van der Waals surface area (Å²) in [7, 11) is 0. The number of imide groups is 1. The molecule has 0 aliphatic carbocycles. The summed E-state index contributed by atoms with van der Waals surface area (Å²) in [4.78, 5) is 49.0. The van der Waals surface area contributed by atoms with Crippen molar-refractivity contribution in [2.24, 2.45) is 0 Å². The van der Waals surface area contributed by atoms with Crippen LogP contribution in [0.4, 0.5) is 11.4 Å². The first-order valence-corrected chi connectivity index (χ1v) is 10.3. The lowest BCUT2D eigenvalue weighted by Gasteiger charge is -2.14. The highest BCUT2D eigenvalue weighted by molar-refractivity contribution is 6.19. The Morgan fingerprint density at radius 3 is 2.03 bits per heavy atom. The summed E-state index contributed by atoms with van der Waals surface area (Å²) in [5, 5.41) is 2.64. The summed E-state index contributed by atoms with van der Waals surface area (Å²) in [6, 6.07) is 22.0. The van der Waals surface area contributed by atoms with Crippen molar-refractivity contribution in [3.8, 4) is 11.5 Å². The number of hydrogen-bond acceptors (Lipinski definition) is 6. The molecule has 0 radical (unpaired) electrons. The van der Waals surface area contributed by atoms with E-state index in [1.165, 1.54) is 24.3 Å². The Morgan fingerprint density at radius 1 is 0.788 bits per heavy atom. The van der Waals surface area contributed by atoms with Gasteiger partial charge in [-0.1, -0.05) is 18.2 Å². The van der Waals surface area contributed by atoms with Gasteiger partial charge in [-0.2, -0.15) is 0 Å². The molecule has 0 atom stereocenters. The summed E-state index contributed by atoms with van der Waals surface area (Å²) in [5.41, 5.74) is 1.13. The summed E-state index contributed by atoms with van der Waals surface area (Å²) in [6.45, 7) is -0.466. The third-order valence-electron chi connectivity index (χ3n) is 4.86. The van der Waals surface area contributed by atoms with Crippen molar-refractivity contribution in [3.05, 3.63) is 84.4 Å². The molecule has 4 rings (SSSR count). The van der Waals surface area contributed by atoms with Crippen LogP contribution in [0.5, 0.6) is 11.5 Å². The zero-order valence-corrected chi connectivity index (χ0v) is 17.5. The van der Waals surface area contributed by atoms with Gasteiger partial charge in [-0.15, -0.1) is 0 Å². The van der Waals surface area contributed by atoms with Gasteiger partial charge in [0.15, 0.2) is 6.61 Å². The second-order valence-corrected chi connectivity index (χ2v) is 7.23. The summed E-state index contributed by atoms with van der Waals surface area (Å²) < 4.78 is 10.7. The second-order valence-electron chi connectivity index (χ2n) is 7.23. The number of ether oxygens (including phenoxy) is 2. The number of rotatable bonds is 7. The average molecular weight is 444 g/mol. The number of anilines is 2. The minimum atomic E-state index is -0.692. The molecule has 3 aromatic carbocycles. The number of hydrogen-bond donors (Lipinski definition) is 1. The van der Waals surface area contributed by atoms with Crippen molar-refractivity contribution >= 4 is 35.1 Å². The first-order chi connectivity index (χ1) is 16.0. The van der Waals surface area contributed by atoms with E-state index in [1.807, 2.05) is 30.3 Å². The van der Waals surface area contributed by atoms with Crippen LogP contribution < -0.4 is 15.0 Å². The van der Waals surface area contributed by atoms with Gasteiger partial charge in [0.05, 0.1) is 11.3 Å². The van der Waals surface area contributed by atoms with Gasteiger partial charge >= 0.3 is 5.97 Å². The zero-order chi connectivity index (χ0) is 23.2. The van der Waals surface area contributed by atoms with Crippen LogP contribution in [0.15, 0.2) is 78.9 Å². The van der Waals surface area contributed by atoms with Crippen molar-refractivity contribution < 1.29 is 28.7 Å². The van der Waals surface area contributed by atoms with Crippen LogP contribution >= 0.6 is 0 Å². The Morgan fingerprint density at radius 2 is 1.39 bits per heavy atom. The number of carbonyl (C=O) groups is 4.